The normalized spacial score (nSPS) is 16.0. The molecule has 150 valence electrons. The summed E-state index contributed by atoms with van der Waals surface area (Å²) in [7, 11) is 0. The summed E-state index contributed by atoms with van der Waals surface area (Å²) < 4.78 is 2.74. The van der Waals surface area contributed by atoms with Crippen LogP contribution in [0.25, 0.3) is 21.7 Å². The van der Waals surface area contributed by atoms with Crippen molar-refractivity contribution in [3.8, 4) is 0 Å². The summed E-state index contributed by atoms with van der Waals surface area (Å²) in [5, 5.41) is 13.0. The van der Waals surface area contributed by atoms with Gasteiger partial charge in [0.15, 0.2) is 0 Å². The van der Waals surface area contributed by atoms with Crippen molar-refractivity contribution in [2.24, 2.45) is 5.92 Å². The molecular weight excluding hydrogens is 466 g/mol. The molecule has 1 aliphatic rings. The molecule has 4 aromatic rings. The van der Waals surface area contributed by atoms with Gasteiger partial charge in [-0.05, 0) is 78.1 Å². The van der Waals surface area contributed by atoms with Crippen LogP contribution < -0.4 is 0 Å². The highest BCUT2D eigenvalue weighted by atomic mass is 79.9. The van der Waals surface area contributed by atoms with Crippen molar-refractivity contribution in [1.29, 1.82) is 0 Å². The Labute approximate surface area is 186 Å². The molecule has 6 heteroatoms. The molecule has 0 saturated heterocycles. The van der Waals surface area contributed by atoms with E-state index < -0.39 is 11.9 Å². The van der Waals surface area contributed by atoms with Crippen LogP contribution in [-0.2, 0) is 17.6 Å². The third kappa shape index (κ3) is 3.13. The molecule has 1 heterocycles. The summed E-state index contributed by atoms with van der Waals surface area (Å²) >= 11 is 9.71. The molecule has 1 aliphatic carbocycles. The summed E-state index contributed by atoms with van der Waals surface area (Å²) in [5.74, 6) is -1.34. The monoisotopic (exact) mass is 481 g/mol. The summed E-state index contributed by atoms with van der Waals surface area (Å²) in [6.45, 7) is 0. The second kappa shape index (κ2) is 7.25. The van der Waals surface area contributed by atoms with E-state index in [1.165, 1.54) is 0 Å². The third-order valence-electron chi connectivity index (χ3n) is 5.92. The van der Waals surface area contributed by atoms with Gasteiger partial charge in [0, 0.05) is 26.1 Å². The van der Waals surface area contributed by atoms with E-state index in [2.05, 4.69) is 15.9 Å². The predicted molar refractivity (Wildman–Crippen MR) is 121 cm³/mol. The average Bonchev–Trinajstić information content (AvgIpc) is 3.05. The highest BCUT2D eigenvalue weighted by Gasteiger charge is 2.31. The molecule has 3 aromatic carbocycles. The summed E-state index contributed by atoms with van der Waals surface area (Å²) in [5.41, 5.74) is 3.19. The number of carbonyl (C=O) groups excluding carboxylic acids is 1. The first-order chi connectivity index (χ1) is 14.4. The lowest BCUT2D eigenvalue weighted by Gasteiger charge is -2.20. The molecule has 1 atom stereocenters. The number of carbonyl (C=O) groups is 2. The molecule has 0 aliphatic heterocycles. The van der Waals surface area contributed by atoms with Crippen LogP contribution in [0, 0.1) is 5.92 Å². The zero-order valence-corrected chi connectivity index (χ0v) is 18.2. The van der Waals surface area contributed by atoms with Crippen molar-refractivity contribution in [1.82, 2.24) is 4.57 Å². The second-order valence-corrected chi connectivity index (χ2v) is 9.06. The lowest BCUT2D eigenvalue weighted by atomic mass is 9.86. The number of rotatable bonds is 2. The third-order valence-corrected chi connectivity index (χ3v) is 6.65. The van der Waals surface area contributed by atoms with Gasteiger partial charge in [0.25, 0.3) is 5.91 Å². The van der Waals surface area contributed by atoms with Crippen molar-refractivity contribution < 1.29 is 14.7 Å². The van der Waals surface area contributed by atoms with Crippen molar-refractivity contribution in [2.75, 3.05) is 0 Å². The van der Waals surface area contributed by atoms with Gasteiger partial charge in [-0.1, -0.05) is 39.7 Å². The van der Waals surface area contributed by atoms with Crippen molar-refractivity contribution >= 4 is 61.1 Å². The first-order valence-corrected chi connectivity index (χ1v) is 10.9. The SMILES string of the molecule is O=C(O)C1CCc2c(c3cc(Cl)ccc3n2C(=O)c2ccc3cc(Br)ccc3c2)C1. The van der Waals surface area contributed by atoms with Crippen molar-refractivity contribution in [3.63, 3.8) is 0 Å². The molecule has 0 spiro atoms. The van der Waals surface area contributed by atoms with Gasteiger partial charge in [-0.2, -0.15) is 0 Å². The van der Waals surface area contributed by atoms with Crippen LogP contribution in [0.2, 0.25) is 5.02 Å². The van der Waals surface area contributed by atoms with Gasteiger partial charge in [-0.3, -0.25) is 14.2 Å². The van der Waals surface area contributed by atoms with Crippen LogP contribution in [0.5, 0.6) is 0 Å². The number of aromatic nitrogens is 1. The van der Waals surface area contributed by atoms with Gasteiger partial charge >= 0.3 is 5.97 Å². The van der Waals surface area contributed by atoms with Crippen LogP contribution in [0.1, 0.15) is 28.0 Å². The Bertz CT molecular complexity index is 1360. The first kappa shape index (κ1) is 19.3. The smallest absolute Gasteiger partial charge is 0.306 e. The van der Waals surface area contributed by atoms with Gasteiger partial charge in [0.05, 0.1) is 11.4 Å². The van der Waals surface area contributed by atoms with E-state index in [0.29, 0.717) is 29.8 Å². The van der Waals surface area contributed by atoms with Crippen LogP contribution in [-0.4, -0.2) is 21.6 Å². The summed E-state index contributed by atoms with van der Waals surface area (Å²) in [4.78, 5) is 25.2. The Morgan fingerprint density at radius 2 is 1.80 bits per heavy atom. The number of fused-ring (bicyclic) bond motifs is 4. The minimum Gasteiger partial charge on any atom is -0.481 e. The molecule has 0 radical (unpaired) electrons. The minimum absolute atomic E-state index is 0.109. The van der Waals surface area contributed by atoms with E-state index in [1.807, 2.05) is 48.5 Å². The van der Waals surface area contributed by atoms with E-state index in [1.54, 1.807) is 10.6 Å². The minimum atomic E-state index is -0.796. The van der Waals surface area contributed by atoms with E-state index in [-0.39, 0.29) is 5.91 Å². The molecule has 0 saturated carbocycles. The van der Waals surface area contributed by atoms with Gasteiger partial charge in [-0.15, -0.1) is 0 Å². The van der Waals surface area contributed by atoms with Gasteiger partial charge < -0.3 is 5.11 Å². The molecule has 1 N–H and O–H groups in total. The zero-order chi connectivity index (χ0) is 21.0. The fourth-order valence-corrected chi connectivity index (χ4v) is 5.00. The molecule has 0 fully saturated rings. The van der Waals surface area contributed by atoms with Crippen molar-refractivity contribution in [3.05, 3.63) is 80.9 Å². The Balaban J connectivity index is 1.68. The average molecular weight is 483 g/mol. The number of hydrogen-bond acceptors (Lipinski definition) is 2. The molecule has 0 bridgehead atoms. The van der Waals surface area contributed by atoms with Gasteiger partial charge in [0.2, 0.25) is 0 Å². The first-order valence-electron chi connectivity index (χ1n) is 9.71. The molecular formula is C24H17BrClNO3. The Morgan fingerprint density at radius 1 is 1.03 bits per heavy atom. The predicted octanol–water partition coefficient (Wildman–Crippen LogP) is 6.09. The Hall–Kier alpha value is -2.63. The highest BCUT2D eigenvalue weighted by molar-refractivity contribution is 9.10. The standard InChI is InChI=1S/C24H17BrClNO3/c25-17-5-3-13-9-15(2-1-14(13)10-17)23(28)27-21-7-4-16(24(29)30)11-19(21)20-12-18(26)6-8-22(20)27/h1-3,5-6,8-10,12,16H,4,7,11H2,(H,29,30). The summed E-state index contributed by atoms with van der Waals surface area (Å²) in [6, 6.07) is 17.1. The lowest BCUT2D eigenvalue weighted by Crippen LogP contribution is -2.24. The van der Waals surface area contributed by atoms with E-state index >= 15 is 0 Å². The fourth-order valence-electron chi connectivity index (χ4n) is 4.45. The number of hydrogen-bond donors (Lipinski definition) is 1. The molecule has 1 unspecified atom stereocenters. The maximum atomic E-state index is 13.6. The van der Waals surface area contributed by atoms with E-state index in [4.69, 9.17) is 11.6 Å². The Kier molecular flexibility index (Phi) is 4.68. The number of carboxylic acid groups (broad SMARTS) is 1. The second-order valence-electron chi connectivity index (χ2n) is 7.71. The van der Waals surface area contributed by atoms with Crippen LogP contribution in [0.3, 0.4) is 0 Å². The largest absolute Gasteiger partial charge is 0.481 e. The Morgan fingerprint density at radius 3 is 2.60 bits per heavy atom. The molecule has 0 amide bonds. The quantitative estimate of drug-likeness (QED) is 0.376. The maximum absolute atomic E-state index is 13.6. The maximum Gasteiger partial charge on any atom is 0.306 e. The fraction of sp³-hybridized carbons (Fsp3) is 0.167. The number of aliphatic carboxylic acids is 1. The van der Waals surface area contributed by atoms with Gasteiger partial charge in [-0.25, -0.2) is 0 Å². The lowest BCUT2D eigenvalue weighted by molar-refractivity contribution is -0.142. The van der Waals surface area contributed by atoms with Crippen LogP contribution in [0.4, 0.5) is 0 Å². The number of halogens is 2. The summed E-state index contributed by atoms with van der Waals surface area (Å²) in [6.07, 6.45) is 1.48. The van der Waals surface area contributed by atoms with Crippen molar-refractivity contribution in [2.45, 2.75) is 19.3 Å². The molecule has 30 heavy (non-hydrogen) atoms. The van der Waals surface area contributed by atoms with E-state index in [9.17, 15) is 14.7 Å². The van der Waals surface area contributed by atoms with Crippen LogP contribution in [0.15, 0.2) is 59.1 Å². The topological polar surface area (TPSA) is 59.3 Å². The molecule has 5 rings (SSSR count). The van der Waals surface area contributed by atoms with Gasteiger partial charge in [0.1, 0.15) is 0 Å². The zero-order valence-electron chi connectivity index (χ0n) is 15.9. The molecule has 1 aromatic heterocycles. The number of benzene rings is 3. The van der Waals surface area contributed by atoms with E-state index in [0.717, 1.165) is 37.4 Å². The number of nitrogens with zero attached hydrogens (tertiary/aromatic N) is 1. The molecule has 4 nitrogen and oxygen atoms in total. The number of carboxylic acids is 1. The van der Waals surface area contributed by atoms with Crippen LogP contribution >= 0.6 is 27.5 Å². The highest BCUT2D eigenvalue weighted by Crippen LogP contribution is 2.36.